The molecule has 0 aromatic heterocycles. The Bertz CT molecular complexity index is 146. The zero-order valence-electron chi connectivity index (χ0n) is 5.86. The molecule has 57 valence electrons. The minimum absolute atomic E-state index is 0. The van der Waals surface area contributed by atoms with Crippen molar-refractivity contribution in [3.8, 4) is 0 Å². The van der Waals surface area contributed by atoms with Gasteiger partial charge in [-0.1, -0.05) is 0 Å². The summed E-state index contributed by atoms with van der Waals surface area (Å²) in [6.07, 6.45) is 0. The summed E-state index contributed by atoms with van der Waals surface area (Å²) in [6.45, 7) is 3.12. The number of hydrogen-bond donors (Lipinski definition) is 1. The second kappa shape index (κ2) is 5.72. The van der Waals surface area contributed by atoms with Gasteiger partial charge in [-0.25, -0.2) is 0 Å². The molecule has 0 aliphatic carbocycles. The van der Waals surface area contributed by atoms with Crippen LogP contribution < -0.4 is 0 Å². The van der Waals surface area contributed by atoms with E-state index in [1.54, 1.807) is 0 Å². The van der Waals surface area contributed by atoms with Crippen LogP contribution >= 0.6 is 0 Å². The maximum absolute atomic E-state index is 10.2. The number of carbonyl (C=O) groups excluding carboxylic acids is 1. The molecule has 0 saturated carbocycles. The minimum Gasteiger partial charge on any atom is -0.519 e. The summed E-state index contributed by atoms with van der Waals surface area (Å²) in [5.74, 6) is -2.16. The molecule has 0 aromatic carbocycles. The fraction of sp³-hybridized carbons (Fsp3) is 0.200. The van der Waals surface area contributed by atoms with E-state index in [2.05, 4.69) is 14.0 Å². The van der Waals surface area contributed by atoms with Crippen molar-refractivity contribution in [1.29, 1.82) is 0 Å². The summed E-state index contributed by atoms with van der Waals surface area (Å²) >= 11 is 0. The van der Waals surface area contributed by atoms with E-state index in [0.717, 1.165) is 0 Å². The summed E-state index contributed by atoms with van der Waals surface area (Å²) in [7, 11) is 7.77. The van der Waals surface area contributed by atoms with Gasteiger partial charge in [0, 0.05) is 32.7 Å². The molecule has 0 aromatic rings. The Balaban J connectivity index is 0. The molecule has 1 unspecified atom stereocenters. The van der Waals surface area contributed by atoms with E-state index in [0.29, 0.717) is 4.90 Å². The quantitative estimate of drug-likeness (QED) is 0.519. The third kappa shape index (κ3) is 4.53. The predicted molar refractivity (Wildman–Crippen MR) is 35.1 cm³/mol. The van der Waals surface area contributed by atoms with Crippen molar-refractivity contribution in [3.63, 3.8) is 0 Å². The average Bonchev–Trinajstić information content (AvgIpc) is 1.84. The number of carboxylic acids is 1. The van der Waals surface area contributed by atoms with Crippen LogP contribution in [0.25, 0.3) is 0 Å². The normalized spacial score (nSPS) is 11.1. The zero-order chi connectivity index (χ0) is 8.31. The summed E-state index contributed by atoms with van der Waals surface area (Å²) in [5, 5.41) is 8.25. The second-order valence-electron chi connectivity index (χ2n) is 1.66. The van der Waals surface area contributed by atoms with E-state index in [1.807, 2.05) is 0 Å². The monoisotopic (exact) mass is 228 g/mol. The molecule has 1 amide bonds. The molecule has 1 N–H and O–H groups in total. The topological polar surface area (TPSA) is 57.6 Å². The van der Waals surface area contributed by atoms with E-state index >= 15 is 0 Å². The summed E-state index contributed by atoms with van der Waals surface area (Å²) in [5.41, 5.74) is 0. The van der Waals surface area contributed by atoms with Crippen LogP contribution in [0, 0.1) is 14.0 Å². The summed E-state index contributed by atoms with van der Waals surface area (Å²) < 4.78 is 0. The van der Waals surface area contributed by atoms with Crippen LogP contribution in [0.5, 0.6) is 0 Å². The first kappa shape index (κ1) is 13.7. The second-order valence-corrected chi connectivity index (χ2v) is 1.66. The van der Waals surface area contributed by atoms with Crippen LogP contribution in [0.1, 0.15) is 0 Å². The average molecular weight is 228 g/mol. The van der Waals surface area contributed by atoms with E-state index in [1.165, 1.54) is 0 Å². The molecule has 0 fully saturated rings. The Labute approximate surface area is 91.6 Å². The Kier molecular flexibility index (Phi) is 7.11. The largest absolute Gasteiger partial charge is 0.519 e. The zero-order valence-corrected chi connectivity index (χ0v) is 8.70. The van der Waals surface area contributed by atoms with Gasteiger partial charge in [0.15, 0.2) is 7.85 Å². The van der Waals surface area contributed by atoms with Gasteiger partial charge in [-0.15, -0.1) is 0 Å². The van der Waals surface area contributed by atoms with Gasteiger partial charge in [-0.3, -0.25) is 16.6 Å². The number of amides is 1. The van der Waals surface area contributed by atoms with Crippen molar-refractivity contribution in [3.05, 3.63) is 14.0 Å². The summed E-state index contributed by atoms with van der Waals surface area (Å²) in [4.78, 5) is 20.9. The Morgan fingerprint density at radius 3 is 2.00 bits per heavy atom. The molecule has 0 aliphatic heterocycles. The SMILES string of the molecule is [B]C(=O)N([CH2-])C([CH2-])C(=O)O.[Y]. The molecule has 11 heavy (non-hydrogen) atoms. The van der Waals surface area contributed by atoms with Crippen molar-refractivity contribution in [2.45, 2.75) is 6.04 Å². The van der Waals surface area contributed by atoms with Crippen LogP contribution in [-0.4, -0.2) is 35.7 Å². The van der Waals surface area contributed by atoms with Gasteiger partial charge in [0.1, 0.15) is 5.81 Å². The van der Waals surface area contributed by atoms with Crippen molar-refractivity contribution < 1.29 is 47.4 Å². The summed E-state index contributed by atoms with van der Waals surface area (Å²) in [6, 6.07) is -1.22. The molecule has 1 atom stereocenters. The number of hydrogen-bond acceptors (Lipinski definition) is 2. The predicted octanol–water partition coefficient (Wildman–Crippen LogP) is -0.347. The first-order chi connectivity index (χ1) is 4.46. The molecule has 0 aliphatic rings. The molecule has 0 heterocycles. The van der Waals surface area contributed by atoms with Gasteiger partial charge in [0.25, 0.3) is 5.97 Å². The number of nitrogens with zero attached hydrogens (tertiary/aromatic N) is 1. The van der Waals surface area contributed by atoms with Gasteiger partial charge >= 0.3 is 0 Å². The van der Waals surface area contributed by atoms with Crippen LogP contribution in [-0.2, 0) is 37.5 Å². The molecule has 0 spiro atoms. The molecule has 0 saturated heterocycles. The van der Waals surface area contributed by atoms with Crippen molar-refractivity contribution in [2.24, 2.45) is 0 Å². The third-order valence-electron chi connectivity index (χ3n) is 0.944. The maximum Gasteiger partial charge on any atom is 0.291 e. The Morgan fingerprint density at radius 2 is 1.91 bits per heavy atom. The number of aliphatic carboxylic acids is 1. The third-order valence-corrected chi connectivity index (χ3v) is 0.944. The first-order valence-electron chi connectivity index (χ1n) is 2.42. The molecule has 0 bridgehead atoms. The van der Waals surface area contributed by atoms with Crippen LogP contribution in [0.4, 0.5) is 4.79 Å². The van der Waals surface area contributed by atoms with Crippen molar-refractivity contribution in [2.75, 3.05) is 0 Å². The fourth-order valence-corrected chi connectivity index (χ4v) is 0.287. The molecular weight excluding hydrogens is 222 g/mol. The van der Waals surface area contributed by atoms with Gasteiger partial charge in [-0.05, 0) is 6.04 Å². The van der Waals surface area contributed by atoms with Gasteiger partial charge in [0.2, 0.25) is 0 Å². The Hall–Kier alpha value is 0.109. The fourth-order valence-electron chi connectivity index (χ4n) is 0.287. The van der Waals surface area contributed by atoms with Crippen molar-refractivity contribution in [1.82, 2.24) is 4.90 Å². The van der Waals surface area contributed by atoms with Gasteiger partial charge < -0.3 is 16.9 Å². The first-order valence-corrected chi connectivity index (χ1v) is 2.42. The van der Waals surface area contributed by atoms with Crippen LogP contribution in [0.15, 0.2) is 0 Å². The molecular formula is C5H6BNO3Y-2. The van der Waals surface area contributed by atoms with Crippen molar-refractivity contribution >= 4 is 19.6 Å². The Morgan fingerprint density at radius 1 is 1.55 bits per heavy atom. The minimum atomic E-state index is -1.24. The van der Waals surface area contributed by atoms with Crippen LogP contribution in [0.2, 0.25) is 0 Å². The standard InChI is InChI=1S/C5H6BNO3.Y/c1-3(4(8)9)7(2)5(6)10;/h3H,1-2H2,(H,8,9);/q-2;. The van der Waals surface area contributed by atoms with Gasteiger partial charge in [0.05, 0.1) is 0 Å². The van der Waals surface area contributed by atoms with E-state index in [4.69, 9.17) is 13.0 Å². The number of carbonyl (C=O) groups is 2. The van der Waals surface area contributed by atoms with E-state index < -0.39 is 17.8 Å². The number of rotatable bonds is 2. The van der Waals surface area contributed by atoms with E-state index in [-0.39, 0.29) is 32.7 Å². The molecule has 4 nitrogen and oxygen atoms in total. The maximum atomic E-state index is 10.2. The number of carboxylic acid groups (broad SMARTS) is 1. The van der Waals surface area contributed by atoms with E-state index in [9.17, 15) is 9.59 Å². The molecule has 0 rings (SSSR count). The molecule has 3 radical (unpaired) electrons. The molecule has 6 heteroatoms. The smallest absolute Gasteiger partial charge is 0.291 e. The van der Waals surface area contributed by atoms with Gasteiger partial charge in [-0.2, -0.15) is 0 Å². The van der Waals surface area contributed by atoms with Crippen LogP contribution in [0.3, 0.4) is 0 Å².